The summed E-state index contributed by atoms with van der Waals surface area (Å²) in [4.78, 5) is 2.45. The first-order valence-electron chi connectivity index (χ1n) is 7.24. The molecule has 1 aromatic carbocycles. The summed E-state index contributed by atoms with van der Waals surface area (Å²) in [7, 11) is 4.31. The number of hydrogen-bond acceptors (Lipinski definition) is 2. The van der Waals surface area contributed by atoms with Gasteiger partial charge in [0.1, 0.15) is 0 Å². The molecule has 1 aromatic rings. The van der Waals surface area contributed by atoms with Crippen molar-refractivity contribution in [1.29, 1.82) is 0 Å². The van der Waals surface area contributed by atoms with Crippen LogP contribution in [0.1, 0.15) is 37.8 Å². The van der Waals surface area contributed by atoms with Crippen LogP contribution in [0.2, 0.25) is 5.02 Å². The van der Waals surface area contributed by atoms with E-state index in [1.165, 1.54) is 24.8 Å². The molecule has 0 aliphatic heterocycles. The maximum Gasteiger partial charge on any atom is 0.0409 e. The zero-order chi connectivity index (χ0) is 13.8. The van der Waals surface area contributed by atoms with Gasteiger partial charge in [0.05, 0.1) is 0 Å². The number of nitrogens with zero attached hydrogens (tertiary/aromatic N) is 1. The van der Waals surface area contributed by atoms with Gasteiger partial charge in [-0.05, 0) is 57.5 Å². The molecule has 0 radical (unpaired) electrons. The van der Waals surface area contributed by atoms with E-state index in [9.17, 15) is 0 Å². The Kier molecular flexibility index (Phi) is 5.26. The van der Waals surface area contributed by atoms with Crippen LogP contribution in [0.5, 0.6) is 0 Å². The average molecular weight is 281 g/mol. The van der Waals surface area contributed by atoms with Crippen LogP contribution in [0, 0.1) is 5.92 Å². The van der Waals surface area contributed by atoms with Gasteiger partial charge in [-0.2, -0.15) is 0 Å². The van der Waals surface area contributed by atoms with Crippen molar-refractivity contribution < 1.29 is 0 Å². The molecule has 19 heavy (non-hydrogen) atoms. The lowest BCUT2D eigenvalue weighted by Gasteiger charge is -2.30. The minimum Gasteiger partial charge on any atom is -0.317 e. The average Bonchev–Trinajstić information content (AvgIpc) is 2.85. The lowest BCUT2D eigenvalue weighted by Crippen LogP contribution is -2.37. The maximum atomic E-state index is 6.08. The standard InChI is InChI=1S/C16H25ClN2/c1-12(13-6-4-8-15(17)10-13)19(3)11-14-7-5-9-16(14)18-2/h4,6,8,10,12,14,16,18H,5,7,9,11H2,1-3H3. The summed E-state index contributed by atoms with van der Waals surface area (Å²) in [5.74, 6) is 0.775. The number of hydrogen-bond donors (Lipinski definition) is 1. The minimum atomic E-state index is 0.414. The van der Waals surface area contributed by atoms with Crippen LogP contribution in [-0.2, 0) is 0 Å². The molecular weight excluding hydrogens is 256 g/mol. The fourth-order valence-corrected chi connectivity index (χ4v) is 3.38. The zero-order valence-electron chi connectivity index (χ0n) is 12.2. The highest BCUT2D eigenvalue weighted by Gasteiger charge is 2.27. The summed E-state index contributed by atoms with van der Waals surface area (Å²) in [5.41, 5.74) is 1.30. The molecule has 0 spiro atoms. The van der Waals surface area contributed by atoms with Gasteiger partial charge in [0.25, 0.3) is 0 Å². The van der Waals surface area contributed by atoms with E-state index in [0.29, 0.717) is 12.1 Å². The number of rotatable bonds is 5. The molecule has 0 amide bonds. The van der Waals surface area contributed by atoms with Gasteiger partial charge in [0, 0.05) is 23.7 Å². The molecule has 106 valence electrons. The minimum absolute atomic E-state index is 0.414. The van der Waals surface area contributed by atoms with Crippen molar-refractivity contribution in [3.63, 3.8) is 0 Å². The molecule has 1 aliphatic rings. The predicted octanol–water partition coefficient (Wildman–Crippen LogP) is 3.72. The van der Waals surface area contributed by atoms with E-state index in [1.54, 1.807) is 0 Å². The molecule has 0 heterocycles. The van der Waals surface area contributed by atoms with Crippen molar-refractivity contribution >= 4 is 11.6 Å². The van der Waals surface area contributed by atoms with Crippen molar-refractivity contribution in [2.45, 2.75) is 38.3 Å². The highest BCUT2D eigenvalue weighted by molar-refractivity contribution is 6.30. The SMILES string of the molecule is CNC1CCCC1CN(C)C(C)c1cccc(Cl)c1. The first-order chi connectivity index (χ1) is 9.11. The quantitative estimate of drug-likeness (QED) is 0.884. The third-order valence-corrected chi connectivity index (χ3v) is 4.78. The molecule has 1 aliphatic carbocycles. The summed E-state index contributed by atoms with van der Waals surface area (Å²) in [6, 6.07) is 9.31. The van der Waals surface area contributed by atoms with Crippen molar-refractivity contribution in [2.24, 2.45) is 5.92 Å². The van der Waals surface area contributed by atoms with Gasteiger partial charge >= 0.3 is 0 Å². The smallest absolute Gasteiger partial charge is 0.0409 e. The first kappa shape index (κ1) is 14.8. The molecule has 3 atom stereocenters. The summed E-state index contributed by atoms with van der Waals surface area (Å²) >= 11 is 6.08. The first-order valence-corrected chi connectivity index (χ1v) is 7.62. The normalized spacial score (nSPS) is 24.9. The molecule has 0 saturated heterocycles. The Morgan fingerprint density at radius 3 is 2.89 bits per heavy atom. The van der Waals surface area contributed by atoms with E-state index in [-0.39, 0.29) is 0 Å². The van der Waals surface area contributed by atoms with Gasteiger partial charge in [0.2, 0.25) is 0 Å². The van der Waals surface area contributed by atoms with E-state index >= 15 is 0 Å². The second-order valence-electron chi connectivity index (χ2n) is 5.76. The molecule has 1 saturated carbocycles. The van der Waals surface area contributed by atoms with Crippen LogP contribution in [0.3, 0.4) is 0 Å². The Labute approximate surface area is 122 Å². The molecule has 2 rings (SSSR count). The summed E-state index contributed by atoms with van der Waals surface area (Å²) in [5, 5.41) is 4.29. The fraction of sp³-hybridized carbons (Fsp3) is 0.625. The fourth-order valence-electron chi connectivity index (χ4n) is 3.18. The Morgan fingerprint density at radius 1 is 1.42 bits per heavy atom. The Hall–Kier alpha value is -0.570. The van der Waals surface area contributed by atoms with Crippen molar-refractivity contribution in [2.75, 3.05) is 20.6 Å². The summed E-state index contributed by atoms with van der Waals surface area (Å²) in [6.07, 6.45) is 4.02. The van der Waals surface area contributed by atoms with Crippen LogP contribution in [0.4, 0.5) is 0 Å². The number of nitrogens with one attached hydrogen (secondary N) is 1. The Bertz CT molecular complexity index is 407. The van der Waals surface area contributed by atoms with Crippen molar-refractivity contribution in [3.05, 3.63) is 34.9 Å². The van der Waals surface area contributed by atoms with Gasteiger partial charge in [-0.1, -0.05) is 30.2 Å². The van der Waals surface area contributed by atoms with Crippen molar-refractivity contribution in [1.82, 2.24) is 10.2 Å². The Morgan fingerprint density at radius 2 is 2.21 bits per heavy atom. The van der Waals surface area contributed by atoms with Gasteiger partial charge in [-0.15, -0.1) is 0 Å². The molecule has 0 aromatic heterocycles. The van der Waals surface area contributed by atoms with Crippen LogP contribution in [-0.4, -0.2) is 31.6 Å². The molecule has 3 heteroatoms. The second-order valence-corrected chi connectivity index (χ2v) is 6.19. The third kappa shape index (κ3) is 3.71. The topological polar surface area (TPSA) is 15.3 Å². The van der Waals surface area contributed by atoms with E-state index in [2.05, 4.69) is 43.4 Å². The van der Waals surface area contributed by atoms with Crippen molar-refractivity contribution in [3.8, 4) is 0 Å². The van der Waals surface area contributed by atoms with E-state index in [0.717, 1.165) is 17.5 Å². The largest absolute Gasteiger partial charge is 0.317 e. The van der Waals surface area contributed by atoms with Crippen LogP contribution < -0.4 is 5.32 Å². The molecule has 1 fully saturated rings. The summed E-state index contributed by atoms with van der Waals surface area (Å²) < 4.78 is 0. The molecule has 1 N–H and O–H groups in total. The monoisotopic (exact) mass is 280 g/mol. The molecule has 0 bridgehead atoms. The molecular formula is C16H25ClN2. The van der Waals surface area contributed by atoms with Gasteiger partial charge in [-0.25, -0.2) is 0 Å². The van der Waals surface area contributed by atoms with Crippen LogP contribution in [0.15, 0.2) is 24.3 Å². The second kappa shape index (κ2) is 6.74. The lowest BCUT2D eigenvalue weighted by atomic mass is 10.0. The molecule has 3 unspecified atom stereocenters. The van der Waals surface area contributed by atoms with E-state index in [4.69, 9.17) is 11.6 Å². The lowest BCUT2D eigenvalue weighted by molar-refractivity contribution is 0.206. The van der Waals surface area contributed by atoms with Gasteiger partial charge in [-0.3, -0.25) is 4.90 Å². The maximum absolute atomic E-state index is 6.08. The van der Waals surface area contributed by atoms with Crippen LogP contribution >= 0.6 is 11.6 Å². The highest BCUT2D eigenvalue weighted by Crippen LogP contribution is 2.29. The number of benzene rings is 1. The van der Waals surface area contributed by atoms with Gasteiger partial charge in [0.15, 0.2) is 0 Å². The van der Waals surface area contributed by atoms with Crippen LogP contribution in [0.25, 0.3) is 0 Å². The molecule has 2 nitrogen and oxygen atoms in total. The number of halogens is 1. The van der Waals surface area contributed by atoms with E-state index in [1.807, 2.05) is 12.1 Å². The zero-order valence-corrected chi connectivity index (χ0v) is 13.0. The van der Waals surface area contributed by atoms with E-state index < -0.39 is 0 Å². The Balaban J connectivity index is 1.97. The summed E-state index contributed by atoms with van der Waals surface area (Å²) in [6.45, 7) is 3.41. The third-order valence-electron chi connectivity index (χ3n) is 4.54. The van der Waals surface area contributed by atoms with Gasteiger partial charge < -0.3 is 5.32 Å². The predicted molar refractivity (Wildman–Crippen MR) is 82.7 cm³/mol. The highest BCUT2D eigenvalue weighted by atomic mass is 35.5.